The van der Waals surface area contributed by atoms with Crippen LogP contribution in [0.5, 0.6) is 11.5 Å². The Labute approximate surface area is 231 Å². The van der Waals surface area contributed by atoms with Gasteiger partial charge in [0.2, 0.25) is 5.91 Å². The van der Waals surface area contributed by atoms with E-state index in [0.717, 1.165) is 21.4 Å². The number of hydrogen-bond donors (Lipinski definition) is 2. The van der Waals surface area contributed by atoms with Crippen molar-refractivity contribution in [2.24, 2.45) is 0 Å². The van der Waals surface area contributed by atoms with Gasteiger partial charge in [-0.05, 0) is 25.1 Å². The molecule has 2 atom stereocenters. The lowest BCUT2D eigenvalue weighted by Gasteiger charge is -2.42. The van der Waals surface area contributed by atoms with Crippen molar-refractivity contribution in [3.05, 3.63) is 60.3 Å². The predicted molar refractivity (Wildman–Crippen MR) is 147 cm³/mol. The highest BCUT2D eigenvalue weighted by Gasteiger charge is 2.52. The van der Waals surface area contributed by atoms with Crippen molar-refractivity contribution in [1.29, 1.82) is 0 Å². The Hall–Kier alpha value is -4.38. The van der Waals surface area contributed by atoms with E-state index < -0.39 is 29.7 Å². The summed E-state index contributed by atoms with van der Waals surface area (Å²) >= 11 is 0. The average molecular weight is 549 g/mol. The smallest absolute Gasteiger partial charge is 0.407 e. The number of rotatable bonds is 6. The molecule has 210 valence electrons. The number of ether oxygens (including phenoxy) is 3. The summed E-state index contributed by atoms with van der Waals surface area (Å²) in [7, 11) is 2.86. The maximum atomic E-state index is 14.6. The number of likely N-dealkylation sites (N-methyl/N-ethyl adjacent to an activating group) is 1. The first-order valence-corrected chi connectivity index (χ1v) is 13.1. The molecule has 3 aromatic rings. The molecular formula is C29H32N4O7. The molecule has 3 heterocycles. The molecule has 1 spiro atoms. The monoisotopic (exact) mass is 548 g/mol. The number of hydrogen-bond acceptors (Lipinski definition) is 7. The number of carbonyl (C=O) groups excluding carboxylic acids is 2. The molecule has 11 nitrogen and oxygen atoms in total. The molecular weight excluding hydrogens is 516 g/mol. The first-order valence-electron chi connectivity index (χ1n) is 13.1. The average Bonchev–Trinajstić information content (AvgIpc) is 3.05. The third-order valence-corrected chi connectivity index (χ3v) is 7.78. The lowest BCUT2D eigenvalue weighted by molar-refractivity contribution is -0.139. The van der Waals surface area contributed by atoms with E-state index in [1.807, 2.05) is 36.4 Å². The molecule has 2 aliphatic rings. The third kappa shape index (κ3) is 4.88. The Bertz CT molecular complexity index is 1440. The first kappa shape index (κ1) is 27.2. The van der Waals surface area contributed by atoms with Crippen LogP contribution in [-0.4, -0.2) is 78.0 Å². The Morgan fingerprint density at radius 1 is 1.20 bits per heavy atom. The van der Waals surface area contributed by atoms with Crippen molar-refractivity contribution in [3.63, 3.8) is 0 Å². The van der Waals surface area contributed by atoms with Crippen LogP contribution in [0.2, 0.25) is 0 Å². The maximum absolute atomic E-state index is 14.6. The van der Waals surface area contributed by atoms with E-state index >= 15 is 0 Å². The van der Waals surface area contributed by atoms with Gasteiger partial charge in [0.1, 0.15) is 29.2 Å². The number of methoxy groups -OCH3 is 1. The second kappa shape index (κ2) is 11.0. The van der Waals surface area contributed by atoms with Crippen molar-refractivity contribution < 1.29 is 33.7 Å². The topological polar surface area (TPSA) is 131 Å². The molecule has 2 aliphatic heterocycles. The summed E-state index contributed by atoms with van der Waals surface area (Å²) in [6, 6.07) is 12.7. The van der Waals surface area contributed by atoms with Gasteiger partial charge in [0, 0.05) is 30.8 Å². The van der Waals surface area contributed by atoms with Crippen LogP contribution < -0.4 is 19.7 Å². The normalized spacial score (nSPS) is 18.8. The highest BCUT2D eigenvalue weighted by molar-refractivity contribution is 6.03. The van der Waals surface area contributed by atoms with Gasteiger partial charge in [-0.25, -0.2) is 4.79 Å². The molecule has 0 saturated carbocycles. The van der Waals surface area contributed by atoms with Gasteiger partial charge in [-0.2, -0.15) is 0 Å². The van der Waals surface area contributed by atoms with Gasteiger partial charge >= 0.3 is 6.09 Å². The molecule has 0 aliphatic carbocycles. The molecule has 1 aromatic heterocycles. The molecule has 3 amide bonds. The summed E-state index contributed by atoms with van der Waals surface area (Å²) in [5, 5.41) is 13.1. The lowest BCUT2D eigenvalue weighted by atomic mass is 9.84. The van der Waals surface area contributed by atoms with Gasteiger partial charge < -0.3 is 29.5 Å². The van der Waals surface area contributed by atoms with Crippen LogP contribution in [0, 0.1) is 0 Å². The largest absolute Gasteiger partial charge is 0.495 e. The van der Waals surface area contributed by atoms with Gasteiger partial charge in [-0.3, -0.25) is 19.5 Å². The number of pyridine rings is 1. The molecule has 2 N–H and O–H groups in total. The molecule has 0 radical (unpaired) electrons. The van der Waals surface area contributed by atoms with E-state index in [0.29, 0.717) is 43.2 Å². The highest BCUT2D eigenvalue weighted by Crippen LogP contribution is 2.42. The fourth-order valence-electron chi connectivity index (χ4n) is 5.29. The minimum atomic E-state index is -1.25. The fraction of sp³-hybridized carbons (Fsp3) is 0.379. The van der Waals surface area contributed by atoms with Crippen LogP contribution >= 0.6 is 0 Å². The van der Waals surface area contributed by atoms with Crippen LogP contribution in [0.15, 0.2) is 54.7 Å². The number of benzene rings is 2. The summed E-state index contributed by atoms with van der Waals surface area (Å²) in [6.45, 7) is 2.28. The lowest BCUT2D eigenvalue weighted by Crippen LogP contribution is -2.65. The Kier molecular flexibility index (Phi) is 7.49. The molecule has 11 heteroatoms. The zero-order valence-corrected chi connectivity index (χ0v) is 22.6. The summed E-state index contributed by atoms with van der Waals surface area (Å²) in [5.41, 5.74) is 0.959. The summed E-state index contributed by atoms with van der Waals surface area (Å²) in [4.78, 5) is 46.5. The fourth-order valence-corrected chi connectivity index (χ4v) is 5.29. The Balaban J connectivity index is 1.61. The molecule has 5 rings (SSSR count). The molecule has 0 unspecified atom stereocenters. The van der Waals surface area contributed by atoms with E-state index in [2.05, 4.69) is 10.3 Å². The van der Waals surface area contributed by atoms with Crippen molar-refractivity contribution in [2.45, 2.75) is 44.0 Å². The molecule has 0 bridgehead atoms. The van der Waals surface area contributed by atoms with Crippen LogP contribution in [-0.2, 0) is 20.9 Å². The van der Waals surface area contributed by atoms with Crippen molar-refractivity contribution in [1.82, 2.24) is 15.2 Å². The molecule has 1 saturated heterocycles. The zero-order valence-electron chi connectivity index (χ0n) is 22.6. The third-order valence-electron chi connectivity index (χ3n) is 7.78. The first-order chi connectivity index (χ1) is 19.3. The number of fused-ring (bicyclic) bond motifs is 2. The van der Waals surface area contributed by atoms with Gasteiger partial charge in [0.25, 0.3) is 5.91 Å². The number of para-hydroxylation sites is 3. The number of amides is 3. The van der Waals surface area contributed by atoms with E-state index in [4.69, 9.17) is 14.2 Å². The summed E-state index contributed by atoms with van der Waals surface area (Å²) < 4.78 is 17.9. The number of carbonyl (C=O) groups is 3. The van der Waals surface area contributed by atoms with Crippen LogP contribution in [0.3, 0.4) is 0 Å². The number of nitrogens with zero attached hydrogens (tertiary/aromatic N) is 3. The molecule has 2 aromatic carbocycles. The quantitative estimate of drug-likeness (QED) is 0.480. The summed E-state index contributed by atoms with van der Waals surface area (Å²) in [6.07, 6.45) is 1.09. The number of anilines is 1. The summed E-state index contributed by atoms with van der Waals surface area (Å²) in [5.74, 6) is 0.0404. The standard InChI is InChI=1S/C29H32N4O7/c1-18(32(2)28(36)37)26(34)31-25-27(35)33(17-20-19-8-4-5-9-21(19)30-16-24(20)38-3)22-10-6-7-11-23(22)40-29(25)12-14-39-15-13-29/h4-11,16,18,25H,12-15,17H2,1-3H3,(H,31,34)(H,36,37)/t18-,25+/m0/s1. The van der Waals surface area contributed by atoms with Crippen molar-refractivity contribution in [2.75, 3.05) is 32.3 Å². The van der Waals surface area contributed by atoms with Crippen LogP contribution in [0.4, 0.5) is 10.5 Å². The second-order valence-electron chi connectivity index (χ2n) is 10.0. The molecule has 40 heavy (non-hydrogen) atoms. The van der Waals surface area contributed by atoms with Crippen molar-refractivity contribution in [3.8, 4) is 11.5 Å². The Morgan fingerprint density at radius 2 is 1.90 bits per heavy atom. The maximum Gasteiger partial charge on any atom is 0.407 e. The van der Waals surface area contributed by atoms with E-state index in [-0.39, 0.29) is 12.5 Å². The van der Waals surface area contributed by atoms with Gasteiger partial charge in [0.15, 0.2) is 0 Å². The van der Waals surface area contributed by atoms with Crippen LogP contribution in [0.25, 0.3) is 10.9 Å². The Morgan fingerprint density at radius 3 is 2.62 bits per heavy atom. The second-order valence-corrected chi connectivity index (χ2v) is 10.0. The van der Waals surface area contributed by atoms with E-state index in [1.54, 1.807) is 30.3 Å². The number of aromatic nitrogens is 1. The van der Waals surface area contributed by atoms with Crippen molar-refractivity contribution >= 4 is 34.5 Å². The van der Waals surface area contributed by atoms with Gasteiger partial charge in [-0.15, -0.1) is 0 Å². The predicted octanol–water partition coefficient (Wildman–Crippen LogP) is 3.20. The van der Waals surface area contributed by atoms with Crippen LogP contribution in [0.1, 0.15) is 25.3 Å². The molecule has 1 fully saturated rings. The number of nitrogens with one attached hydrogen (secondary N) is 1. The highest BCUT2D eigenvalue weighted by atomic mass is 16.5. The van der Waals surface area contributed by atoms with Gasteiger partial charge in [0.05, 0.1) is 44.3 Å². The number of carboxylic acid groups (broad SMARTS) is 1. The minimum Gasteiger partial charge on any atom is -0.495 e. The van der Waals surface area contributed by atoms with E-state index in [1.165, 1.54) is 14.0 Å². The SMILES string of the molecule is COc1cnc2ccccc2c1CN1C(=O)[C@@H](NC(=O)[C@H](C)N(C)C(=O)O)C2(CCOCC2)Oc2ccccc21. The zero-order chi connectivity index (χ0) is 28.4. The minimum absolute atomic E-state index is 0.120. The van der Waals surface area contributed by atoms with E-state index in [9.17, 15) is 19.5 Å². The van der Waals surface area contributed by atoms with Gasteiger partial charge in [-0.1, -0.05) is 30.3 Å².